The van der Waals surface area contributed by atoms with Crippen molar-refractivity contribution >= 4 is 43.8 Å². The van der Waals surface area contributed by atoms with Crippen LogP contribution < -0.4 is 20.1 Å². The maximum Gasteiger partial charge on any atom is 0.244 e. The summed E-state index contributed by atoms with van der Waals surface area (Å²) in [5.41, 5.74) is 2.17. The monoisotopic (exact) mass is 595 g/mol. The third kappa shape index (κ3) is 11.0. The van der Waals surface area contributed by atoms with Gasteiger partial charge in [0.25, 0.3) is 0 Å². The molecular weight excluding hydrogens is 562 g/mol. The number of carbonyl (C=O) groups excluding carboxylic acids is 1. The normalized spacial score (nSPS) is 11.2. The molecule has 0 bridgehead atoms. The number of benzene rings is 2. The molecule has 0 fully saturated rings. The summed E-state index contributed by atoms with van der Waals surface area (Å²) in [5, 5.41) is 6.04. The van der Waals surface area contributed by atoms with E-state index in [4.69, 9.17) is 9.47 Å². The number of carbonyl (C=O) groups is 1. The average Bonchev–Trinajstić information content (AvgIpc) is 2.81. The van der Waals surface area contributed by atoms with Crippen LogP contribution in [-0.4, -0.2) is 64.8 Å². The first kappa shape index (κ1) is 28.4. The molecule has 0 aromatic heterocycles. The fourth-order valence-corrected chi connectivity index (χ4v) is 4.61. The number of hydrogen-bond acceptors (Lipinski definition) is 5. The summed E-state index contributed by atoms with van der Waals surface area (Å²) in [7, 11) is 6.05. The lowest BCUT2D eigenvalue weighted by molar-refractivity contribution is -0.116. The van der Waals surface area contributed by atoms with Crippen molar-refractivity contribution in [3.8, 4) is 11.5 Å². The molecule has 0 spiro atoms. The lowest BCUT2D eigenvalue weighted by Gasteiger charge is -2.12. The summed E-state index contributed by atoms with van der Waals surface area (Å²) in [5.74, 6) is 1.50. The second kappa shape index (κ2) is 15.9. The van der Waals surface area contributed by atoms with E-state index in [2.05, 4.69) is 73.6 Å². The van der Waals surface area contributed by atoms with E-state index in [1.165, 1.54) is 5.56 Å². The van der Waals surface area contributed by atoms with Crippen molar-refractivity contribution in [2.45, 2.75) is 19.3 Å². The number of rotatable bonds is 15. The van der Waals surface area contributed by atoms with E-state index in [9.17, 15) is 4.79 Å². The highest BCUT2D eigenvalue weighted by Crippen LogP contribution is 2.35. The van der Waals surface area contributed by atoms with Crippen LogP contribution in [0, 0.1) is 0 Å². The van der Waals surface area contributed by atoms with Gasteiger partial charge in [-0.2, -0.15) is 0 Å². The van der Waals surface area contributed by atoms with Crippen molar-refractivity contribution in [1.82, 2.24) is 15.5 Å². The van der Waals surface area contributed by atoms with Gasteiger partial charge in [0.1, 0.15) is 11.5 Å². The molecule has 0 aliphatic heterocycles. The van der Waals surface area contributed by atoms with Crippen LogP contribution in [0.15, 0.2) is 51.4 Å². The maximum absolute atomic E-state index is 12.1. The molecule has 1 amide bonds. The van der Waals surface area contributed by atoms with Crippen molar-refractivity contribution in [3.63, 3.8) is 0 Å². The van der Waals surface area contributed by atoms with Gasteiger partial charge in [-0.25, -0.2) is 0 Å². The van der Waals surface area contributed by atoms with E-state index >= 15 is 0 Å². The van der Waals surface area contributed by atoms with Crippen LogP contribution in [0.25, 0.3) is 6.08 Å². The number of likely N-dealkylation sites (N-methyl/N-ethyl adjacent to an activating group) is 1. The van der Waals surface area contributed by atoms with Crippen molar-refractivity contribution in [1.29, 1.82) is 0 Å². The van der Waals surface area contributed by atoms with Crippen molar-refractivity contribution in [2.75, 3.05) is 54.0 Å². The zero-order valence-corrected chi connectivity index (χ0v) is 23.4. The molecule has 0 saturated carbocycles. The van der Waals surface area contributed by atoms with E-state index in [0.717, 1.165) is 51.9 Å². The van der Waals surface area contributed by atoms with Gasteiger partial charge < -0.3 is 25.0 Å². The first-order valence-corrected chi connectivity index (χ1v) is 13.1. The Bertz CT molecular complexity index is 895. The molecule has 186 valence electrons. The zero-order valence-electron chi connectivity index (χ0n) is 20.2. The highest BCUT2D eigenvalue weighted by Gasteiger charge is 2.09. The Labute approximate surface area is 220 Å². The summed E-state index contributed by atoms with van der Waals surface area (Å²) >= 11 is 7.17. The Balaban J connectivity index is 1.67. The zero-order chi connectivity index (χ0) is 24.8. The van der Waals surface area contributed by atoms with Crippen molar-refractivity contribution in [3.05, 3.63) is 62.5 Å². The molecule has 0 saturated heterocycles. The molecule has 2 aromatic carbocycles. The summed E-state index contributed by atoms with van der Waals surface area (Å²) in [6.07, 6.45) is 5.98. The lowest BCUT2D eigenvalue weighted by atomic mass is 10.1. The predicted molar refractivity (Wildman–Crippen MR) is 147 cm³/mol. The molecule has 0 aliphatic rings. The van der Waals surface area contributed by atoms with Gasteiger partial charge in [-0.1, -0.05) is 12.1 Å². The lowest BCUT2D eigenvalue weighted by Crippen LogP contribution is -2.23. The first-order valence-electron chi connectivity index (χ1n) is 11.5. The first-order chi connectivity index (χ1) is 16.4. The fraction of sp³-hybridized carbons (Fsp3) is 0.423. The van der Waals surface area contributed by atoms with Gasteiger partial charge >= 0.3 is 0 Å². The Morgan fingerprint density at radius 3 is 2.32 bits per heavy atom. The molecule has 0 heterocycles. The number of nitrogens with zero attached hydrogens (tertiary/aromatic N) is 1. The van der Waals surface area contributed by atoms with Crippen LogP contribution in [-0.2, 0) is 11.2 Å². The van der Waals surface area contributed by atoms with Gasteiger partial charge in [0, 0.05) is 19.2 Å². The van der Waals surface area contributed by atoms with Gasteiger partial charge in [-0.15, -0.1) is 0 Å². The maximum atomic E-state index is 12.1. The second-order valence-electron chi connectivity index (χ2n) is 8.14. The number of ether oxygens (including phenoxy) is 2. The standard InChI is InChI=1S/C26H35Br2N3O3/c1-29-14-12-21-18-23(27)26(24(28)19-21)34-16-4-13-30-25(32)11-8-20-6-9-22(10-7-20)33-17-5-15-31(2)3/h6-11,18-19,29H,4-5,12-17H2,1-3H3,(H,30,32)/b11-8+. The van der Waals surface area contributed by atoms with Crippen molar-refractivity contribution < 1.29 is 14.3 Å². The molecule has 2 N–H and O–H groups in total. The fourth-order valence-electron chi connectivity index (χ4n) is 3.10. The number of nitrogens with one attached hydrogen (secondary N) is 2. The third-order valence-corrected chi connectivity index (χ3v) is 6.09. The molecule has 0 unspecified atom stereocenters. The summed E-state index contributed by atoms with van der Waals surface area (Å²) in [6, 6.07) is 11.9. The smallest absolute Gasteiger partial charge is 0.244 e. The van der Waals surface area contributed by atoms with Crippen LogP contribution in [0.3, 0.4) is 0 Å². The number of amides is 1. The minimum Gasteiger partial charge on any atom is -0.494 e. The summed E-state index contributed by atoms with van der Waals surface area (Å²) in [4.78, 5) is 14.2. The van der Waals surface area contributed by atoms with Crippen LogP contribution in [0.1, 0.15) is 24.0 Å². The minimum atomic E-state index is -0.125. The molecule has 8 heteroatoms. The topological polar surface area (TPSA) is 62.8 Å². The number of hydrogen-bond donors (Lipinski definition) is 2. The molecular formula is C26H35Br2N3O3. The molecule has 6 nitrogen and oxygen atoms in total. The van der Waals surface area contributed by atoms with Crippen LogP contribution in [0.4, 0.5) is 0 Å². The van der Waals surface area contributed by atoms with E-state index < -0.39 is 0 Å². The molecule has 2 aromatic rings. The highest BCUT2D eigenvalue weighted by atomic mass is 79.9. The summed E-state index contributed by atoms with van der Waals surface area (Å²) < 4.78 is 13.5. The van der Waals surface area contributed by atoms with Gasteiger partial charge in [0.15, 0.2) is 0 Å². The van der Waals surface area contributed by atoms with Gasteiger partial charge in [0.2, 0.25) is 5.91 Å². The van der Waals surface area contributed by atoms with E-state index in [0.29, 0.717) is 26.2 Å². The Hall–Kier alpha value is -1.87. The van der Waals surface area contributed by atoms with E-state index in [1.54, 1.807) is 12.2 Å². The Kier molecular flexibility index (Phi) is 13.3. The molecule has 0 radical (unpaired) electrons. The quantitative estimate of drug-likeness (QED) is 0.226. The largest absolute Gasteiger partial charge is 0.494 e. The van der Waals surface area contributed by atoms with Crippen LogP contribution >= 0.6 is 31.9 Å². The van der Waals surface area contributed by atoms with Gasteiger partial charge in [-0.3, -0.25) is 4.79 Å². The van der Waals surface area contributed by atoms with Gasteiger partial charge in [-0.05, 0) is 120 Å². The van der Waals surface area contributed by atoms with Crippen molar-refractivity contribution in [2.24, 2.45) is 0 Å². The number of halogens is 2. The van der Waals surface area contributed by atoms with E-state index in [-0.39, 0.29) is 5.91 Å². The van der Waals surface area contributed by atoms with Crippen LogP contribution in [0.2, 0.25) is 0 Å². The Morgan fingerprint density at radius 2 is 1.68 bits per heavy atom. The second-order valence-corrected chi connectivity index (χ2v) is 9.85. The minimum absolute atomic E-state index is 0.125. The molecule has 0 atom stereocenters. The summed E-state index contributed by atoms with van der Waals surface area (Å²) in [6.45, 7) is 3.66. The predicted octanol–water partition coefficient (Wildman–Crippen LogP) is 4.90. The Morgan fingerprint density at radius 1 is 1.00 bits per heavy atom. The molecule has 0 aliphatic carbocycles. The van der Waals surface area contributed by atoms with Gasteiger partial charge in [0.05, 0.1) is 22.2 Å². The van der Waals surface area contributed by atoms with E-state index in [1.807, 2.05) is 31.3 Å². The SMILES string of the molecule is CNCCc1cc(Br)c(OCCCNC(=O)/C=C/c2ccc(OCCCN(C)C)cc2)c(Br)c1. The molecule has 34 heavy (non-hydrogen) atoms. The average molecular weight is 597 g/mol. The molecule has 2 rings (SSSR count). The van der Waals surface area contributed by atoms with Crippen LogP contribution in [0.5, 0.6) is 11.5 Å². The highest BCUT2D eigenvalue weighted by molar-refractivity contribution is 9.11. The third-order valence-electron chi connectivity index (χ3n) is 4.91.